The Hall–Kier alpha value is -1.50. The smallest absolute Gasteiger partial charge is 0.256 e. The Labute approximate surface area is 112 Å². The number of anilines is 1. The van der Waals surface area contributed by atoms with Crippen molar-refractivity contribution in [3.05, 3.63) is 23.9 Å². The zero-order valence-corrected chi connectivity index (χ0v) is 11.4. The fourth-order valence-electron chi connectivity index (χ4n) is 1.37. The molecule has 0 radical (unpaired) electrons. The summed E-state index contributed by atoms with van der Waals surface area (Å²) < 4.78 is 10.2. The molecular weight excluding hydrogens is 248 g/mol. The van der Waals surface area contributed by atoms with E-state index >= 15 is 0 Å². The van der Waals surface area contributed by atoms with Crippen LogP contribution in [-0.2, 0) is 14.3 Å². The Balaban J connectivity index is 2.38. The minimum absolute atomic E-state index is 0.0811. The standard InChI is InChI=1S/C13H20N2O4/c1-9-4-5-12(14-6-9)15-13(17)11(16)8-19-10(2)7-18-3/h4-6,10-11,16H,7-8H2,1-3H3,(H,14,15,17)/t10-,11-/m0/s1. The number of pyridine rings is 1. The largest absolute Gasteiger partial charge is 0.382 e. The summed E-state index contributed by atoms with van der Waals surface area (Å²) in [6, 6.07) is 3.50. The number of carbonyl (C=O) groups is 1. The van der Waals surface area contributed by atoms with Crippen LogP contribution in [0.4, 0.5) is 5.82 Å². The monoisotopic (exact) mass is 268 g/mol. The first kappa shape index (κ1) is 15.6. The molecule has 0 aliphatic rings. The van der Waals surface area contributed by atoms with Gasteiger partial charge in [0.05, 0.1) is 19.3 Å². The molecule has 6 heteroatoms. The number of hydrogen-bond acceptors (Lipinski definition) is 5. The van der Waals surface area contributed by atoms with E-state index in [-0.39, 0.29) is 12.7 Å². The average Bonchev–Trinajstić information content (AvgIpc) is 2.39. The van der Waals surface area contributed by atoms with Gasteiger partial charge in [-0.2, -0.15) is 0 Å². The lowest BCUT2D eigenvalue weighted by Crippen LogP contribution is -2.33. The van der Waals surface area contributed by atoms with E-state index in [0.717, 1.165) is 5.56 Å². The van der Waals surface area contributed by atoms with Crippen molar-refractivity contribution in [1.82, 2.24) is 4.98 Å². The van der Waals surface area contributed by atoms with Gasteiger partial charge in [-0.3, -0.25) is 4.79 Å². The second-order valence-electron chi connectivity index (χ2n) is 4.33. The van der Waals surface area contributed by atoms with Gasteiger partial charge in [0.2, 0.25) is 0 Å². The summed E-state index contributed by atoms with van der Waals surface area (Å²) in [5, 5.41) is 12.2. The summed E-state index contributed by atoms with van der Waals surface area (Å²) in [7, 11) is 1.56. The first-order valence-electron chi connectivity index (χ1n) is 6.05. The fraction of sp³-hybridized carbons (Fsp3) is 0.538. The molecule has 1 aromatic heterocycles. The van der Waals surface area contributed by atoms with Crippen molar-refractivity contribution in [3.63, 3.8) is 0 Å². The first-order chi connectivity index (χ1) is 9.02. The molecule has 0 saturated carbocycles. The van der Waals surface area contributed by atoms with Crippen LogP contribution in [0.3, 0.4) is 0 Å². The highest BCUT2D eigenvalue weighted by Crippen LogP contribution is 2.05. The van der Waals surface area contributed by atoms with Gasteiger partial charge in [0.1, 0.15) is 5.82 Å². The highest BCUT2D eigenvalue weighted by atomic mass is 16.5. The molecule has 1 rings (SSSR count). The topological polar surface area (TPSA) is 80.7 Å². The Bertz CT molecular complexity index is 394. The molecule has 0 unspecified atom stereocenters. The maximum atomic E-state index is 11.7. The first-order valence-corrected chi connectivity index (χ1v) is 6.05. The van der Waals surface area contributed by atoms with E-state index in [0.29, 0.717) is 12.4 Å². The zero-order chi connectivity index (χ0) is 14.3. The number of aliphatic hydroxyl groups excluding tert-OH is 1. The van der Waals surface area contributed by atoms with Crippen LogP contribution in [0.1, 0.15) is 12.5 Å². The average molecular weight is 268 g/mol. The van der Waals surface area contributed by atoms with Gasteiger partial charge in [0.15, 0.2) is 6.10 Å². The Morgan fingerprint density at radius 3 is 2.79 bits per heavy atom. The van der Waals surface area contributed by atoms with Crippen molar-refractivity contribution in [2.24, 2.45) is 0 Å². The van der Waals surface area contributed by atoms with Gasteiger partial charge in [-0.25, -0.2) is 4.98 Å². The second kappa shape index (κ2) is 7.83. The van der Waals surface area contributed by atoms with Gasteiger partial charge >= 0.3 is 0 Å². The van der Waals surface area contributed by atoms with Crippen LogP contribution in [0.15, 0.2) is 18.3 Å². The van der Waals surface area contributed by atoms with E-state index in [2.05, 4.69) is 10.3 Å². The molecule has 19 heavy (non-hydrogen) atoms. The number of aliphatic hydroxyl groups is 1. The van der Waals surface area contributed by atoms with Crippen molar-refractivity contribution in [2.45, 2.75) is 26.1 Å². The highest BCUT2D eigenvalue weighted by molar-refractivity contribution is 5.93. The summed E-state index contributed by atoms with van der Waals surface area (Å²) in [6.45, 7) is 4.03. The lowest BCUT2D eigenvalue weighted by atomic mass is 10.3. The third kappa shape index (κ3) is 5.78. The molecule has 1 amide bonds. The number of aromatic nitrogens is 1. The number of nitrogens with zero attached hydrogens (tertiary/aromatic N) is 1. The van der Waals surface area contributed by atoms with Crippen LogP contribution < -0.4 is 5.32 Å². The van der Waals surface area contributed by atoms with Crippen LogP contribution in [0.2, 0.25) is 0 Å². The summed E-state index contributed by atoms with van der Waals surface area (Å²) in [4.78, 5) is 15.7. The van der Waals surface area contributed by atoms with E-state index in [4.69, 9.17) is 9.47 Å². The Morgan fingerprint density at radius 2 is 2.21 bits per heavy atom. The molecule has 0 aromatic carbocycles. The molecule has 0 bridgehead atoms. The molecule has 0 aliphatic carbocycles. The van der Waals surface area contributed by atoms with Gasteiger partial charge in [-0.05, 0) is 25.5 Å². The fourth-order valence-corrected chi connectivity index (χ4v) is 1.37. The molecule has 1 aromatic rings. The number of rotatable bonds is 7. The van der Waals surface area contributed by atoms with Crippen molar-refractivity contribution >= 4 is 11.7 Å². The van der Waals surface area contributed by atoms with E-state index in [1.807, 2.05) is 13.0 Å². The maximum absolute atomic E-state index is 11.7. The Morgan fingerprint density at radius 1 is 1.47 bits per heavy atom. The maximum Gasteiger partial charge on any atom is 0.256 e. The summed E-state index contributed by atoms with van der Waals surface area (Å²) in [5.74, 6) is -0.138. The van der Waals surface area contributed by atoms with Gasteiger partial charge in [0, 0.05) is 13.3 Å². The number of hydrogen-bond donors (Lipinski definition) is 2. The normalized spacial score (nSPS) is 13.9. The molecule has 0 fully saturated rings. The lowest BCUT2D eigenvalue weighted by molar-refractivity contribution is -0.129. The molecule has 2 N–H and O–H groups in total. The van der Waals surface area contributed by atoms with E-state index in [9.17, 15) is 9.90 Å². The lowest BCUT2D eigenvalue weighted by Gasteiger charge is -2.15. The van der Waals surface area contributed by atoms with Gasteiger partial charge < -0.3 is 19.9 Å². The van der Waals surface area contributed by atoms with Crippen LogP contribution in [0, 0.1) is 6.92 Å². The highest BCUT2D eigenvalue weighted by Gasteiger charge is 2.17. The van der Waals surface area contributed by atoms with Crippen LogP contribution in [0.25, 0.3) is 0 Å². The number of amides is 1. The molecule has 6 nitrogen and oxygen atoms in total. The quantitative estimate of drug-likeness (QED) is 0.762. The van der Waals surface area contributed by atoms with Crippen molar-refractivity contribution in [2.75, 3.05) is 25.6 Å². The minimum Gasteiger partial charge on any atom is -0.382 e. The molecular formula is C13H20N2O4. The third-order valence-electron chi connectivity index (χ3n) is 2.41. The minimum atomic E-state index is -1.23. The molecule has 0 saturated heterocycles. The number of aryl methyl sites for hydroxylation is 1. The number of methoxy groups -OCH3 is 1. The molecule has 2 atom stereocenters. The van der Waals surface area contributed by atoms with Gasteiger partial charge in [0.25, 0.3) is 5.91 Å². The van der Waals surface area contributed by atoms with Gasteiger partial charge in [-0.1, -0.05) is 6.07 Å². The predicted molar refractivity (Wildman–Crippen MR) is 70.9 cm³/mol. The Kier molecular flexibility index (Phi) is 6.41. The van der Waals surface area contributed by atoms with E-state index < -0.39 is 12.0 Å². The number of ether oxygens (including phenoxy) is 2. The van der Waals surface area contributed by atoms with Crippen molar-refractivity contribution in [3.8, 4) is 0 Å². The predicted octanol–water partition coefficient (Wildman–Crippen LogP) is 0.741. The van der Waals surface area contributed by atoms with Crippen LogP contribution in [0.5, 0.6) is 0 Å². The summed E-state index contributed by atoms with van der Waals surface area (Å²) in [5.41, 5.74) is 0.996. The molecule has 0 aliphatic heterocycles. The van der Waals surface area contributed by atoms with E-state index in [1.54, 1.807) is 26.3 Å². The van der Waals surface area contributed by atoms with Crippen molar-refractivity contribution in [1.29, 1.82) is 0 Å². The van der Waals surface area contributed by atoms with E-state index in [1.165, 1.54) is 0 Å². The van der Waals surface area contributed by atoms with Crippen molar-refractivity contribution < 1.29 is 19.4 Å². The molecule has 0 spiro atoms. The molecule has 106 valence electrons. The third-order valence-corrected chi connectivity index (χ3v) is 2.41. The summed E-state index contributed by atoms with van der Waals surface area (Å²) >= 11 is 0. The number of carbonyl (C=O) groups excluding carboxylic acids is 1. The van der Waals surface area contributed by atoms with Crippen LogP contribution >= 0.6 is 0 Å². The van der Waals surface area contributed by atoms with Crippen LogP contribution in [-0.4, -0.2) is 48.5 Å². The molecule has 1 heterocycles. The number of nitrogens with one attached hydrogen (secondary N) is 1. The second-order valence-corrected chi connectivity index (χ2v) is 4.33. The SMILES string of the molecule is COC[C@H](C)OC[C@H](O)C(=O)Nc1ccc(C)cn1. The van der Waals surface area contributed by atoms with Gasteiger partial charge in [-0.15, -0.1) is 0 Å². The zero-order valence-electron chi connectivity index (χ0n) is 11.4. The summed E-state index contributed by atoms with van der Waals surface area (Å²) in [6.07, 6.45) is 0.228.